The van der Waals surface area contributed by atoms with Crippen molar-refractivity contribution in [2.24, 2.45) is 0 Å². The van der Waals surface area contributed by atoms with Gasteiger partial charge in [-0.25, -0.2) is 4.98 Å². The minimum atomic E-state index is 0.496. The summed E-state index contributed by atoms with van der Waals surface area (Å²) < 4.78 is 0. The molecule has 1 heterocycles. The summed E-state index contributed by atoms with van der Waals surface area (Å²) in [5, 5.41) is 0. The molecule has 0 fully saturated rings. The number of nitrogens with zero attached hydrogens (tertiary/aromatic N) is 2. The van der Waals surface area contributed by atoms with Crippen LogP contribution in [0.5, 0.6) is 0 Å². The molecule has 0 aliphatic carbocycles. The van der Waals surface area contributed by atoms with E-state index in [1.54, 1.807) is 0 Å². The minimum Gasteiger partial charge on any atom is -0.354 e. The summed E-state index contributed by atoms with van der Waals surface area (Å²) in [5.41, 5.74) is 1.17. The van der Waals surface area contributed by atoms with E-state index in [1.807, 2.05) is 0 Å². The molecule has 0 amide bonds. The summed E-state index contributed by atoms with van der Waals surface area (Å²) in [4.78, 5) is 7.00. The van der Waals surface area contributed by atoms with Crippen LogP contribution in [0.3, 0.4) is 0 Å². The number of hydrogen-bond acceptors (Lipinski definition) is 2. The van der Waals surface area contributed by atoms with Gasteiger partial charge in [-0.15, -0.1) is 0 Å². The van der Waals surface area contributed by atoms with Crippen LogP contribution in [0.1, 0.15) is 46.2 Å². The van der Waals surface area contributed by atoms with Gasteiger partial charge in [0.05, 0.1) is 0 Å². The molecule has 0 aliphatic heterocycles. The molecule has 2 nitrogen and oxygen atoms in total. The maximum absolute atomic E-state index is 4.69. The fourth-order valence-electron chi connectivity index (χ4n) is 1.71. The second kappa shape index (κ2) is 5.15. The van der Waals surface area contributed by atoms with Crippen LogP contribution in [-0.4, -0.2) is 17.6 Å². The summed E-state index contributed by atoms with van der Waals surface area (Å²) in [7, 11) is 0. The lowest BCUT2D eigenvalue weighted by atomic mass is 10.1. The summed E-state index contributed by atoms with van der Waals surface area (Å²) in [5.74, 6) is 1.59. The molecule has 0 radical (unpaired) electrons. The molecule has 2 heteroatoms. The molecule has 1 rings (SSSR count). The Labute approximate surface area is 93.3 Å². The average molecular weight is 206 g/mol. The van der Waals surface area contributed by atoms with Crippen molar-refractivity contribution in [3.8, 4) is 0 Å². The van der Waals surface area contributed by atoms with Gasteiger partial charge in [0, 0.05) is 18.3 Å². The largest absolute Gasteiger partial charge is 0.354 e. The molecule has 0 saturated carbocycles. The van der Waals surface area contributed by atoms with Crippen molar-refractivity contribution in [3.63, 3.8) is 0 Å². The Morgan fingerprint density at radius 1 is 1.20 bits per heavy atom. The van der Waals surface area contributed by atoms with E-state index in [9.17, 15) is 0 Å². The third kappa shape index (κ3) is 2.95. The maximum atomic E-state index is 4.69. The first-order valence-corrected chi connectivity index (χ1v) is 5.79. The molecule has 0 spiro atoms. The fraction of sp³-hybridized carbons (Fsp3) is 0.615. The highest BCUT2D eigenvalue weighted by Crippen LogP contribution is 2.18. The van der Waals surface area contributed by atoms with E-state index in [4.69, 9.17) is 4.98 Å². The fourth-order valence-corrected chi connectivity index (χ4v) is 1.71. The maximum Gasteiger partial charge on any atom is 0.129 e. The van der Waals surface area contributed by atoms with Crippen molar-refractivity contribution in [1.82, 2.24) is 4.98 Å². The molecule has 0 atom stereocenters. The normalized spacial score (nSPS) is 11.1. The van der Waals surface area contributed by atoms with Crippen LogP contribution in [0.25, 0.3) is 0 Å². The highest BCUT2D eigenvalue weighted by molar-refractivity contribution is 5.40. The quantitative estimate of drug-likeness (QED) is 0.750. The first kappa shape index (κ1) is 12.0. The van der Waals surface area contributed by atoms with Gasteiger partial charge in [0.2, 0.25) is 0 Å². The first-order chi connectivity index (χ1) is 7.06. The Morgan fingerprint density at radius 2 is 1.87 bits per heavy atom. The molecule has 84 valence electrons. The Bertz CT molecular complexity index is 305. The SMILES string of the molecule is CCN(c1cccc(C(C)C)n1)C(C)C. The summed E-state index contributed by atoms with van der Waals surface area (Å²) in [6.45, 7) is 11.9. The van der Waals surface area contributed by atoms with Crippen LogP contribution in [-0.2, 0) is 0 Å². The van der Waals surface area contributed by atoms with Crippen molar-refractivity contribution >= 4 is 5.82 Å². The predicted molar refractivity (Wildman–Crippen MR) is 66.5 cm³/mol. The van der Waals surface area contributed by atoms with Gasteiger partial charge in [0.1, 0.15) is 5.82 Å². The molecule has 0 N–H and O–H groups in total. The Kier molecular flexibility index (Phi) is 4.13. The van der Waals surface area contributed by atoms with Crippen LogP contribution in [0.2, 0.25) is 0 Å². The van der Waals surface area contributed by atoms with Crippen LogP contribution in [0.15, 0.2) is 18.2 Å². The van der Waals surface area contributed by atoms with Gasteiger partial charge >= 0.3 is 0 Å². The standard InChI is InChI=1S/C13H22N2/c1-6-15(11(4)5)13-9-7-8-12(14-13)10(2)3/h7-11H,6H2,1-5H3. The second-order valence-corrected chi connectivity index (χ2v) is 4.46. The van der Waals surface area contributed by atoms with Crippen LogP contribution in [0.4, 0.5) is 5.82 Å². The van der Waals surface area contributed by atoms with Crippen LogP contribution < -0.4 is 4.90 Å². The van der Waals surface area contributed by atoms with Gasteiger partial charge in [-0.05, 0) is 38.8 Å². The summed E-state index contributed by atoms with van der Waals surface area (Å²) in [6.07, 6.45) is 0. The Morgan fingerprint density at radius 3 is 2.33 bits per heavy atom. The lowest BCUT2D eigenvalue weighted by molar-refractivity contribution is 0.687. The summed E-state index contributed by atoms with van der Waals surface area (Å²) >= 11 is 0. The predicted octanol–water partition coefficient (Wildman–Crippen LogP) is 3.44. The molecule has 1 aromatic rings. The first-order valence-electron chi connectivity index (χ1n) is 5.79. The molecule has 0 aromatic carbocycles. The molecule has 0 saturated heterocycles. The number of pyridine rings is 1. The minimum absolute atomic E-state index is 0.496. The highest BCUT2D eigenvalue weighted by atomic mass is 15.2. The number of aromatic nitrogens is 1. The van der Waals surface area contributed by atoms with Gasteiger partial charge < -0.3 is 4.90 Å². The number of hydrogen-bond donors (Lipinski definition) is 0. The van der Waals surface area contributed by atoms with Gasteiger partial charge in [-0.2, -0.15) is 0 Å². The zero-order valence-electron chi connectivity index (χ0n) is 10.5. The lowest BCUT2D eigenvalue weighted by Crippen LogP contribution is -2.31. The molecule has 0 bridgehead atoms. The topological polar surface area (TPSA) is 16.1 Å². The van der Waals surface area contributed by atoms with E-state index < -0.39 is 0 Å². The highest BCUT2D eigenvalue weighted by Gasteiger charge is 2.10. The van der Waals surface area contributed by atoms with Gasteiger partial charge in [-0.1, -0.05) is 19.9 Å². The van der Waals surface area contributed by atoms with Crippen molar-refractivity contribution < 1.29 is 0 Å². The number of anilines is 1. The smallest absolute Gasteiger partial charge is 0.129 e. The van der Waals surface area contributed by atoms with Gasteiger partial charge in [0.25, 0.3) is 0 Å². The van der Waals surface area contributed by atoms with E-state index >= 15 is 0 Å². The van der Waals surface area contributed by atoms with E-state index in [2.05, 4.69) is 57.7 Å². The Hall–Kier alpha value is -1.05. The third-order valence-corrected chi connectivity index (χ3v) is 2.61. The van der Waals surface area contributed by atoms with E-state index in [-0.39, 0.29) is 0 Å². The van der Waals surface area contributed by atoms with Crippen LogP contribution >= 0.6 is 0 Å². The van der Waals surface area contributed by atoms with Crippen molar-refractivity contribution in [2.75, 3.05) is 11.4 Å². The molecule has 15 heavy (non-hydrogen) atoms. The molecule has 0 aliphatic rings. The molecular formula is C13H22N2. The zero-order valence-corrected chi connectivity index (χ0v) is 10.5. The Balaban J connectivity index is 2.98. The summed E-state index contributed by atoms with van der Waals surface area (Å²) in [6, 6.07) is 6.80. The molecule has 1 aromatic heterocycles. The molecular weight excluding hydrogens is 184 g/mol. The molecule has 0 unspecified atom stereocenters. The van der Waals surface area contributed by atoms with E-state index in [0.717, 1.165) is 12.4 Å². The van der Waals surface area contributed by atoms with E-state index in [0.29, 0.717) is 12.0 Å². The monoisotopic (exact) mass is 206 g/mol. The van der Waals surface area contributed by atoms with E-state index in [1.165, 1.54) is 5.69 Å². The van der Waals surface area contributed by atoms with Gasteiger partial charge in [-0.3, -0.25) is 0 Å². The third-order valence-electron chi connectivity index (χ3n) is 2.61. The van der Waals surface area contributed by atoms with Crippen LogP contribution in [0, 0.1) is 0 Å². The lowest BCUT2D eigenvalue weighted by Gasteiger charge is -2.26. The van der Waals surface area contributed by atoms with Crippen molar-refractivity contribution in [2.45, 2.75) is 46.6 Å². The second-order valence-electron chi connectivity index (χ2n) is 4.46. The van der Waals surface area contributed by atoms with Crippen molar-refractivity contribution in [3.05, 3.63) is 23.9 Å². The van der Waals surface area contributed by atoms with Gasteiger partial charge in [0.15, 0.2) is 0 Å². The zero-order chi connectivity index (χ0) is 11.4. The number of rotatable bonds is 4. The average Bonchev–Trinajstić information content (AvgIpc) is 2.18. The van der Waals surface area contributed by atoms with Crippen molar-refractivity contribution in [1.29, 1.82) is 0 Å².